The van der Waals surface area contributed by atoms with Gasteiger partial charge in [-0.25, -0.2) is 24.0 Å². The van der Waals surface area contributed by atoms with Crippen LogP contribution < -0.4 is 10.6 Å². The molecule has 5 N–H and O–H groups in total. The van der Waals surface area contributed by atoms with Gasteiger partial charge in [-0.3, -0.25) is 4.79 Å². The van der Waals surface area contributed by atoms with E-state index in [4.69, 9.17) is 9.47 Å². The normalized spacial score (nSPS) is 19.4. The molecule has 310 valence electrons. The number of carboxylic acid groups (broad SMARTS) is 3. The average molecular weight is 851 g/mol. The van der Waals surface area contributed by atoms with Crippen LogP contribution in [0, 0.1) is 17.8 Å². The Morgan fingerprint density at radius 2 is 1.02 bits per heavy atom. The fourth-order valence-electron chi connectivity index (χ4n) is 8.62. The van der Waals surface area contributed by atoms with Crippen LogP contribution in [0.4, 0.5) is 0 Å². The highest BCUT2D eigenvalue weighted by atomic mass is 32.1. The summed E-state index contributed by atoms with van der Waals surface area (Å²) in [4.78, 5) is 74.2. The van der Waals surface area contributed by atoms with Gasteiger partial charge in [-0.1, -0.05) is 24.3 Å². The van der Waals surface area contributed by atoms with Gasteiger partial charge in [0.05, 0.1) is 48.0 Å². The average Bonchev–Trinajstić information content (AvgIpc) is 4.12. The smallest absolute Gasteiger partial charge is 0.339 e. The molecule has 4 aromatic rings. The lowest BCUT2D eigenvalue weighted by Gasteiger charge is -2.31. The van der Waals surface area contributed by atoms with Crippen molar-refractivity contribution in [1.82, 2.24) is 10.6 Å². The van der Waals surface area contributed by atoms with E-state index in [0.29, 0.717) is 48.5 Å². The number of ether oxygens (including phenoxy) is 2. The predicted octanol–water partition coefficient (Wildman–Crippen LogP) is 7.86. The highest BCUT2D eigenvalue weighted by Gasteiger charge is 2.47. The maximum absolute atomic E-state index is 12.9. The molecule has 15 heteroatoms. The molecular weight excluding hydrogens is 809 g/mol. The van der Waals surface area contributed by atoms with E-state index in [0.717, 1.165) is 60.9 Å². The van der Waals surface area contributed by atoms with Gasteiger partial charge in [-0.2, -0.15) is 0 Å². The van der Waals surface area contributed by atoms with Crippen molar-refractivity contribution in [2.24, 2.45) is 17.8 Å². The van der Waals surface area contributed by atoms with Gasteiger partial charge in [0.2, 0.25) is 0 Å². The van der Waals surface area contributed by atoms with Crippen molar-refractivity contribution in [3.8, 4) is 0 Å². The van der Waals surface area contributed by atoms with Gasteiger partial charge in [-0.05, 0) is 115 Å². The minimum atomic E-state index is -1.11. The lowest BCUT2D eigenvalue weighted by Crippen LogP contribution is -2.34. The Balaban J connectivity index is 0.000000167. The van der Waals surface area contributed by atoms with Crippen molar-refractivity contribution >= 4 is 78.5 Å². The molecule has 1 unspecified atom stereocenters. The van der Waals surface area contributed by atoms with Crippen LogP contribution in [-0.2, 0) is 28.7 Å². The molecule has 3 fully saturated rings. The summed E-state index contributed by atoms with van der Waals surface area (Å²) < 4.78 is 11.3. The molecule has 4 heterocycles. The van der Waals surface area contributed by atoms with Gasteiger partial charge in [0.1, 0.15) is 0 Å². The van der Waals surface area contributed by atoms with E-state index in [1.165, 1.54) is 43.8 Å². The zero-order valence-electron chi connectivity index (χ0n) is 33.2. The number of dihydropyridines is 2. The van der Waals surface area contributed by atoms with E-state index >= 15 is 0 Å². The first-order chi connectivity index (χ1) is 28.8. The second-order valence-electron chi connectivity index (χ2n) is 15.7. The van der Waals surface area contributed by atoms with Crippen LogP contribution >= 0.6 is 22.7 Å². The van der Waals surface area contributed by atoms with E-state index in [-0.39, 0.29) is 40.2 Å². The Kier molecular flexibility index (Phi) is 10.8. The number of carboxylic acids is 3. The van der Waals surface area contributed by atoms with Crippen LogP contribution in [0.2, 0.25) is 0 Å². The standard InChI is InChI=1S/C23H21NO6S.C22H21NO5S/c1-30-23(29)13-4-2-3-12-14(9-31-20(12)13)15-16(21(25)26)18(10-5-6-10)24-19(11-7-8-11)17(15)22(27)28;1-10-16(11(2)24)17(18(22(27)28-3)19(23-10)12-7-8-12)15-9-29-20-13(15)5-4-6-14(20)21(25)26/h2-4,9-11,15,24H,5-8H2,1H3,(H,25,26)(H,27,28);4-6,9,12,17,23H,7-8H2,1-3H3,(H,25,26). The minimum Gasteiger partial charge on any atom is -0.478 e. The van der Waals surface area contributed by atoms with E-state index < -0.39 is 41.7 Å². The molecule has 0 radical (unpaired) electrons. The molecule has 13 nitrogen and oxygen atoms in total. The molecule has 5 aliphatic rings. The quantitative estimate of drug-likeness (QED) is 0.0913. The van der Waals surface area contributed by atoms with Crippen molar-refractivity contribution in [3.05, 3.63) is 114 Å². The van der Waals surface area contributed by atoms with Crippen molar-refractivity contribution < 1.29 is 53.6 Å². The van der Waals surface area contributed by atoms with E-state index in [1.807, 2.05) is 24.4 Å². The Morgan fingerprint density at radius 3 is 1.43 bits per heavy atom. The van der Waals surface area contributed by atoms with Gasteiger partial charge in [0, 0.05) is 43.7 Å². The first-order valence-electron chi connectivity index (χ1n) is 19.6. The summed E-state index contributed by atoms with van der Waals surface area (Å²) in [5, 5.41) is 41.5. The predicted molar refractivity (Wildman–Crippen MR) is 224 cm³/mol. The van der Waals surface area contributed by atoms with Crippen LogP contribution in [0.1, 0.15) is 96.1 Å². The fraction of sp³-hybridized carbons (Fsp3) is 0.333. The third-order valence-corrected chi connectivity index (χ3v) is 13.8. The Labute approximate surface area is 352 Å². The monoisotopic (exact) mass is 850 g/mol. The van der Waals surface area contributed by atoms with E-state index in [9.17, 15) is 44.1 Å². The van der Waals surface area contributed by atoms with E-state index in [2.05, 4.69) is 10.6 Å². The molecular formula is C45H42N2O11S2. The highest BCUT2D eigenvalue weighted by molar-refractivity contribution is 7.18. The third-order valence-electron chi connectivity index (χ3n) is 11.7. The fourth-order valence-corrected chi connectivity index (χ4v) is 10.8. The van der Waals surface area contributed by atoms with Gasteiger partial charge in [-0.15, -0.1) is 22.7 Å². The van der Waals surface area contributed by atoms with Crippen molar-refractivity contribution in [1.29, 1.82) is 0 Å². The third kappa shape index (κ3) is 7.19. The highest BCUT2D eigenvalue weighted by Crippen LogP contribution is 2.52. The second kappa shape index (κ2) is 15.8. The number of esters is 2. The number of carbonyl (C=O) groups excluding carboxylic acids is 3. The molecule has 2 aliphatic heterocycles. The molecule has 0 bridgehead atoms. The summed E-state index contributed by atoms with van der Waals surface area (Å²) in [6.45, 7) is 3.33. The summed E-state index contributed by atoms with van der Waals surface area (Å²) in [6, 6.07) is 10.3. The number of allylic oxidation sites excluding steroid dienone is 5. The maximum Gasteiger partial charge on any atom is 0.339 e. The first kappa shape index (κ1) is 40.7. The van der Waals surface area contributed by atoms with Gasteiger partial charge in [0.15, 0.2) is 5.78 Å². The number of ketones is 1. The second-order valence-corrected chi connectivity index (χ2v) is 17.4. The Bertz CT molecular complexity index is 2640. The molecule has 0 amide bonds. The molecule has 2 aromatic carbocycles. The first-order valence-corrected chi connectivity index (χ1v) is 21.4. The summed E-state index contributed by atoms with van der Waals surface area (Å²) in [5.41, 5.74) is 5.97. The SMILES string of the molecule is COC(=O)C1=C(C2CC2)NC(C)=C(C(C)=O)C1c1csc2c(C(=O)O)cccc12.COC(=O)c1cccc2c(C3C(C(=O)O)=C(C4CC4)NC(C4CC4)=C3C(=O)O)csc12. The number of benzene rings is 2. The molecule has 2 aromatic heterocycles. The molecule has 60 heavy (non-hydrogen) atoms. The molecule has 0 saturated heterocycles. The van der Waals surface area contributed by atoms with Crippen LogP contribution in [0.15, 0.2) is 92.2 Å². The molecule has 9 rings (SSSR count). The van der Waals surface area contributed by atoms with Gasteiger partial charge < -0.3 is 35.4 Å². The number of aliphatic carboxylic acids is 2. The Hall–Kier alpha value is -6.06. The van der Waals surface area contributed by atoms with Crippen LogP contribution in [0.25, 0.3) is 20.2 Å². The minimum absolute atomic E-state index is 0.104. The number of Topliss-reactive ketones (excluding diaryl/α,β-unsaturated/α-hetero) is 1. The summed E-state index contributed by atoms with van der Waals surface area (Å²) in [5.74, 6) is -5.32. The summed E-state index contributed by atoms with van der Waals surface area (Å²) in [7, 11) is 2.65. The largest absolute Gasteiger partial charge is 0.478 e. The number of hydrogen-bond donors (Lipinski definition) is 5. The lowest BCUT2D eigenvalue weighted by molar-refractivity contribution is -0.137. The van der Waals surface area contributed by atoms with Crippen molar-refractivity contribution in [3.63, 3.8) is 0 Å². The number of fused-ring (bicyclic) bond motifs is 2. The summed E-state index contributed by atoms with van der Waals surface area (Å²) >= 11 is 2.62. The van der Waals surface area contributed by atoms with Crippen molar-refractivity contribution in [2.75, 3.05) is 14.2 Å². The van der Waals surface area contributed by atoms with Gasteiger partial charge >= 0.3 is 29.8 Å². The zero-order chi connectivity index (χ0) is 42.7. The van der Waals surface area contributed by atoms with Crippen LogP contribution in [0.5, 0.6) is 0 Å². The molecule has 1 atom stereocenters. The Morgan fingerprint density at radius 1 is 0.583 bits per heavy atom. The number of thiophene rings is 2. The van der Waals surface area contributed by atoms with Gasteiger partial charge in [0.25, 0.3) is 0 Å². The van der Waals surface area contributed by atoms with Crippen molar-refractivity contribution in [2.45, 2.75) is 64.2 Å². The number of rotatable bonds is 11. The lowest BCUT2D eigenvalue weighted by atomic mass is 9.78. The van der Waals surface area contributed by atoms with E-state index in [1.54, 1.807) is 29.6 Å². The number of hydrogen-bond acceptors (Lipinski definition) is 12. The zero-order valence-corrected chi connectivity index (χ0v) is 34.8. The maximum atomic E-state index is 12.9. The topological polar surface area (TPSA) is 206 Å². The number of nitrogens with one attached hydrogen (secondary N) is 2. The summed E-state index contributed by atoms with van der Waals surface area (Å²) in [6.07, 6.45) is 5.52. The molecule has 3 aliphatic carbocycles. The molecule has 0 spiro atoms. The molecule has 3 saturated carbocycles. The van der Waals surface area contributed by atoms with Crippen LogP contribution in [0.3, 0.4) is 0 Å². The van der Waals surface area contributed by atoms with Crippen LogP contribution in [-0.4, -0.2) is 65.2 Å². The number of carbonyl (C=O) groups is 6. The number of aromatic carboxylic acids is 1. The number of methoxy groups -OCH3 is 2.